The number of fused-ring (bicyclic) bond motifs is 1. The van der Waals surface area contributed by atoms with E-state index in [1.165, 1.54) is 25.3 Å². The lowest BCUT2D eigenvalue weighted by Gasteiger charge is -2.08. The minimum Gasteiger partial charge on any atom is -0.497 e. The Morgan fingerprint density at radius 3 is 2.43 bits per heavy atom. The van der Waals surface area contributed by atoms with Gasteiger partial charge < -0.3 is 13.9 Å². The smallest absolute Gasteiger partial charge is 0.338 e. The fourth-order valence-corrected chi connectivity index (χ4v) is 3.52. The summed E-state index contributed by atoms with van der Waals surface area (Å²) in [6.07, 6.45) is 1.14. The monoisotopic (exact) mass is 402 g/mol. The Bertz CT molecular complexity index is 1180. The SMILES string of the molecule is COc1ccc2c(COC(=O)c3ccc(CS(C)(=O)=O)cc3)cc(=O)oc2c1. The number of methoxy groups -OCH3 is 1. The van der Waals surface area contributed by atoms with Crippen LogP contribution in [0.5, 0.6) is 5.75 Å². The third kappa shape index (κ3) is 4.77. The molecule has 0 aliphatic rings. The molecule has 0 radical (unpaired) electrons. The second-order valence-corrected chi connectivity index (χ2v) is 8.44. The standard InChI is InChI=1S/C20H18O7S/c1-25-16-7-8-17-15(9-19(21)27-18(17)10-16)11-26-20(22)14-5-3-13(4-6-14)12-28(2,23)24/h3-10H,11-12H2,1-2H3. The summed E-state index contributed by atoms with van der Waals surface area (Å²) in [6, 6.07) is 12.4. The number of hydrogen-bond acceptors (Lipinski definition) is 7. The molecule has 0 saturated carbocycles. The predicted octanol–water partition coefficient (Wildman–Crippen LogP) is 2.70. The van der Waals surface area contributed by atoms with Gasteiger partial charge in [0, 0.05) is 29.3 Å². The van der Waals surface area contributed by atoms with Crippen molar-refractivity contribution in [1.29, 1.82) is 0 Å². The molecule has 8 heteroatoms. The van der Waals surface area contributed by atoms with Crippen LogP contribution in [0.25, 0.3) is 11.0 Å². The molecule has 28 heavy (non-hydrogen) atoms. The molecule has 0 aliphatic heterocycles. The summed E-state index contributed by atoms with van der Waals surface area (Å²) in [5.41, 5.74) is 1.15. The number of sulfone groups is 1. The second-order valence-electron chi connectivity index (χ2n) is 6.30. The Morgan fingerprint density at radius 1 is 1.07 bits per heavy atom. The normalized spacial score (nSPS) is 11.4. The van der Waals surface area contributed by atoms with Crippen molar-refractivity contribution in [2.24, 2.45) is 0 Å². The lowest BCUT2D eigenvalue weighted by Crippen LogP contribution is -2.08. The molecular weight excluding hydrogens is 384 g/mol. The number of esters is 1. The molecule has 0 atom stereocenters. The van der Waals surface area contributed by atoms with E-state index in [2.05, 4.69) is 0 Å². The Hall–Kier alpha value is -3.13. The molecule has 3 rings (SSSR count). The molecule has 1 heterocycles. The second kappa shape index (κ2) is 7.85. The van der Waals surface area contributed by atoms with E-state index >= 15 is 0 Å². The van der Waals surface area contributed by atoms with Gasteiger partial charge in [-0.15, -0.1) is 0 Å². The van der Waals surface area contributed by atoms with Crippen molar-refractivity contribution in [3.8, 4) is 5.75 Å². The average Bonchev–Trinajstić information content (AvgIpc) is 2.64. The van der Waals surface area contributed by atoms with Crippen molar-refractivity contribution in [3.63, 3.8) is 0 Å². The van der Waals surface area contributed by atoms with Gasteiger partial charge in [0.15, 0.2) is 9.84 Å². The van der Waals surface area contributed by atoms with Crippen molar-refractivity contribution in [2.75, 3.05) is 13.4 Å². The first-order valence-corrected chi connectivity index (χ1v) is 10.4. The highest BCUT2D eigenvalue weighted by Gasteiger charge is 2.12. The van der Waals surface area contributed by atoms with Crippen molar-refractivity contribution in [2.45, 2.75) is 12.4 Å². The van der Waals surface area contributed by atoms with Gasteiger partial charge in [-0.1, -0.05) is 12.1 Å². The summed E-state index contributed by atoms with van der Waals surface area (Å²) in [5.74, 6) is -0.141. The number of rotatable bonds is 6. The van der Waals surface area contributed by atoms with Gasteiger partial charge in [-0.2, -0.15) is 0 Å². The van der Waals surface area contributed by atoms with Crippen LogP contribution in [0.15, 0.2) is 57.7 Å². The molecule has 7 nitrogen and oxygen atoms in total. The zero-order chi connectivity index (χ0) is 20.3. The van der Waals surface area contributed by atoms with Crippen molar-refractivity contribution in [3.05, 3.63) is 75.6 Å². The van der Waals surface area contributed by atoms with Gasteiger partial charge in [0.2, 0.25) is 0 Å². The quantitative estimate of drug-likeness (QED) is 0.462. The molecule has 0 bridgehead atoms. The summed E-state index contributed by atoms with van der Waals surface area (Å²) in [4.78, 5) is 24.0. The highest BCUT2D eigenvalue weighted by Crippen LogP contribution is 2.23. The zero-order valence-corrected chi connectivity index (χ0v) is 16.1. The highest BCUT2D eigenvalue weighted by atomic mass is 32.2. The minimum atomic E-state index is -3.15. The van der Waals surface area contributed by atoms with Crippen LogP contribution >= 0.6 is 0 Å². The first-order chi connectivity index (χ1) is 13.2. The van der Waals surface area contributed by atoms with E-state index in [0.717, 1.165) is 6.26 Å². The minimum absolute atomic E-state index is 0.0996. The van der Waals surface area contributed by atoms with Crippen LogP contribution in [0, 0.1) is 0 Å². The van der Waals surface area contributed by atoms with E-state index < -0.39 is 21.4 Å². The molecule has 1 aromatic heterocycles. The first-order valence-electron chi connectivity index (χ1n) is 8.30. The molecule has 0 spiro atoms. The molecular formula is C20H18O7S. The molecule has 0 unspecified atom stereocenters. The van der Waals surface area contributed by atoms with Crippen molar-refractivity contribution >= 4 is 26.8 Å². The third-order valence-electron chi connectivity index (χ3n) is 4.01. The molecule has 0 saturated heterocycles. The molecule has 146 valence electrons. The van der Waals surface area contributed by atoms with Gasteiger partial charge in [0.25, 0.3) is 0 Å². The molecule has 0 N–H and O–H groups in total. The molecule has 0 fully saturated rings. The van der Waals surface area contributed by atoms with E-state index in [-0.39, 0.29) is 17.9 Å². The van der Waals surface area contributed by atoms with Gasteiger partial charge >= 0.3 is 11.6 Å². The molecule has 2 aromatic carbocycles. The Labute approximate surface area is 161 Å². The van der Waals surface area contributed by atoms with E-state index in [0.29, 0.717) is 27.8 Å². The van der Waals surface area contributed by atoms with Gasteiger partial charge in [-0.3, -0.25) is 0 Å². The Kier molecular flexibility index (Phi) is 5.51. The van der Waals surface area contributed by atoms with Gasteiger partial charge in [0.1, 0.15) is 17.9 Å². The number of carbonyl (C=O) groups is 1. The van der Waals surface area contributed by atoms with Crippen LogP contribution in [0.1, 0.15) is 21.5 Å². The number of ether oxygens (including phenoxy) is 2. The number of hydrogen-bond donors (Lipinski definition) is 0. The summed E-state index contributed by atoms with van der Waals surface area (Å²) >= 11 is 0. The predicted molar refractivity (Wildman–Crippen MR) is 103 cm³/mol. The van der Waals surface area contributed by atoms with Crippen LogP contribution in [0.4, 0.5) is 0 Å². The summed E-state index contributed by atoms with van der Waals surface area (Å²) in [7, 11) is -1.64. The molecule has 3 aromatic rings. The van der Waals surface area contributed by atoms with E-state index in [9.17, 15) is 18.0 Å². The van der Waals surface area contributed by atoms with E-state index in [1.807, 2.05) is 0 Å². The molecule has 0 aliphatic carbocycles. The largest absolute Gasteiger partial charge is 0.497 e. The Morgan fingerprint density at radius 2 is 1.79 bits per heavy atom. The van der Waals surface area contributed by atoms with E-state index in [4.69, 9.17) is 13.9 Å². The fraction of sp³-hybridized carbons (Fsp3) is 0.200. The summed E-state index contributed by atoms with van der Waals surface area (Å²) < 4.78 is 38.2. The van der Waals surface area contributed by atoms with Gasteiger partial charge in [-0.05, 0) is 29.8 Å². The zero-order valence-electron chi connectivity index (χ0n) is 15.3. The highest BCUT2D eigenvalue weighted by molar-refractivity contribution is 7.89. The first kappa shape index (κ1) is 19.6. The van der Waals surface area contributed by atoms with Crippen LogP contribution in [0.2, 0.25) is 0 Å². The van der Waals surface area contributed by atoms with Crippen LogP contribution in [-0.2, 0) is 26.9 Å². The maximum atomic E-state index is 12.3. The van der Waals surface area contributed by atoms with Gasteiger partial charge in [0.05, 0.1) is 18.4 Å². The van der Waals surface area contributed by atoms with Crippen molar-refractivity contribution in [1.82, 2.24) is 0 Å². The number of carbonyl (C=O) groups excluding carboxylic acids is 1. The molecule has 0 amide bonds. The van der Waals surface area contributed by atoms with Crippen LogP contribution in [0.3, 0.4) is 0 Å². The maximum absolute atomic E-state index is 12.3. The van der Waals surface area contributed by atoms with Gasteiger partial charge in [-0.25, -0.2) is 18.0 Å². The summed E-state index contributed by atoms with van der Waals surface area (Å²) in [6.45, 7) is -0.113. The summed E-state index contributed by atoms with van der Waals surface area (Å²) in [5, 5.41) is 0.636. The number of benzene rings is 2. The maximum Gasteiger partial charge on any atom is 0.338 e. The van der Waals surface area contributed by atoms with Crippen molar-refractivity contribution < 1.29 is 27.1 Å². The topological polar surface area (TPSA) is 99.9 Å². The fourth-order valence-electron chi connectivity index (χ4n) is 2.72. The Balaban J connectivity index is 1.76. The lowest BCUT2D eigenvalue weighted by atomic mass is 10.1. The average molecular weight is 402 g/mol. The van der Waals surface area contributed by atoms with Crippen LogP contribution in [-0.4, -0.2) is 27.8 Å². The lowest BCUT2D eigenvalue weighted by molar-refractivity contribution is 0.0474. The van der Waals surface area contributed by atoms with Crippen LogP contribution < -0.4 is 10.4 Å². The van der Waals surface area contributed by atoms with E-state index in [1.54, 1.807) is 30.3 Å². The third-order valence-corrected chi connectivity index (χ3v) is 4.87.